The molecule has 2 rings (SSSR count). The first-order chi connectivity index (χ1) is 8.88. The van der Waals surface area contributed by atoms with Gasteiger partial charge in [-0.05, 0) is 30.5 Å². The van der Waals surface area contributed by atoms with E-state index < -0.39 is 0 Å². The summed E-state index contributed by atoms with van der Waals surface area (Å²) in [4.78, 5) is 0. The van der Waals surface area contributed by atoms with Crippen molar-refractivity contribution in [1.82, 2.24) is 0 Å². The van der Waals surface area contributed by atoms with E-state index in [9.17, 15) is 0 Å². The third-order valence-electron chi connectivity index (χ3n) is 2.86. The molecule has 1 saturated heterocycles. The number of rotatable bonds is 4. The summed E-state index contributed by atoms with van der Waals surface area (Å²) in [5.74, 6) is 7.65. The van der Waals surface area contributed by atoms with Crippen molar-refractivity contribution in [3.63, 3.8) is 0 Å². The third-order valence-corrected chi connectivity index (χ3v) is 4.01. The molecule has 0 saturated carbocycles. The van der Waals surface area contributed by atoms with Gasteiger partial charge in [-0.1, -0.05) is 24.0 Å². The van der Waals surface area contributed by atoms with Gasteiger partial charge in [0.05, 0.1) is 6.10 Å². The molecule has 1 unspecified atom stereocenters. The summed E-state index contributed by atoms with van der Waals surface area (Å²) >= 11 is 1.93. The maximum absolute atomic E-state index is 8.61. The second-order valence-corrected chi connectivity index (χ2v) is 5.34. The van der Waals surface area contributed by atoms with Crippen molar-refractivity contribution >= 4 is 11.8 Å². The van der Waals surface area contributed by atoms with Crippen LogP contribution in [0.15, 0.2) is 24.3 Å². The molecule has 1 heterocycles. The van der Waals surface area contributed by atoms with E-state index in [-0.39, 0.29) is 6.61 Å². The maximum atomic E-state index is 8.61. The fraction of sp³-hybridized carbons (Fsp3) is 0.467. The van der Waals surface area contributed by atoms with Gasteiger partial charge in [-0.2, -0.15) is 11.8 Å². The molecule has 1 fully saturated rings. The van der Waals surface area contributed by atoms with Gasteiger partial charge >= 0.3 is 0 Å². The van der Waals surface area contributed by atoms with Crippen LogP contribution in [0, 0.1) is 11.8 Å². The molecule has 18 heavy (non-hydrogen) atoms. The fourth-order valence-corrected chi connectivity index (χ4v) is 2.98. The molecule has 1 aliphatic rings. The molecule has 96 valence electrons. The first-order valence-electron chi connectivity index (χ1n) is 6.26. The van der Waals surface area contributed by atoms with E-state index in [1.54, 1.807) is 0 Å². The van der Waals surface area contributed by atoms with E-state index in [4.69, 9.17) is 9.84 Å². The van der Waals surface area contributed by atoms with Crippen LogP contribution in [0.2, 0.25) is 0 Å². The standard InChI is InChI=1S/C15H18O2S/c16-9-1-3-13-5-7-14(8-6-13)11-18-12-15-4-2-10-17-15/h5-8,15-16H,2,4,9-12H2. The third kappa shape index (κ3) is 4.38. The Kier molecular flexibility index (Phi) is 5.60. The van der Waals surface area contributed by atoms with Crippen molar-refractivity contribution in [2.24, 2.45) is 0 Å². The predicted molar refractivity (Wildman–Crippen MR) is 75.5 cm³/mol. The molecule has 1 aromatic rings. The summed E-state index contributed by atoms with van der Waals surface area (Å²) in [5.41, 5.74) is 2.27. The van der Waals surface area contributed by atoms with Crippen LogP contribution in [-0.2, 0) is 10.5 Å². The first kappa shape index (κ1) is 13.5. The number of thioether (sulfide) groups is 1. The summed E-state index contributed by atoms with van der Waals surface area (Å²) in [6.07, 6.45) is 2.89. The highest BCUT2D eigenvalue weighted by atomic mass is 32.2. The van der Waals surface area contributed by atoms with Crippen molar-refractivity contribution < 1.29 is 9.84 Å². The zero-order valence-corrected chi connectivity index (χ0v) is 11.2. The smallest absolute Gasteiger partial charge is 0.104 e. The average molecular weight is 262 g/mol. The molecule has 0 amide bonds. The lowest BCUT2D eigenvalue weighted by molar-refractivity contribution is 0.129. The van der Waals surface area contributed by atoms with Crippen molar-refractivity contribution in [2.75, 3.05) is 19.0 Å². The SMILES string of the molecule is OCC#Cc1ccc(CSCC2CCCO2)cc1. The van der Waals surface area contributed by atoms with Crippen LogP contribution in [0.4, 0.5) is 0 Å². The van der Waals surface area contributed by atoms with Crippen molar-refractivity contribution in [3.8, 4) is 11.8 Å². The predicted octanol–water partition coefficient (Wildman–Crippen LogP) is 2.44. The normalized spacial score (nSPS) is 18.4. The Hall–Kier alpha value is -0.950. The molecule has 1 aromatic carbocycles. The number of ether oxygens (including phenoxy) is 1. The van der Waals surface area contributed by atoms with Crippen molar-refractivity contribution in [3.05, 3.63) is 35.4 Å². The Morgan fingerprint density at radius 3 is 2.83 bits per heavy atom. The fourth-order valence-electron chi connectivity index (χ4n) is 1.91. The van der Waals surface area contributed by atoms with Crippen LogP contribution in [0.25, 0.3) is 0 Å². The lowest BCUT2D eigenvalue weighted by Gasteiger charge is -2.08. The minimum Gasteiger partial charge on any atom is -0.384 e. The van der Waals surface area contributed by atoms with E-state index in [0.29, 0.717) is 6.10 Å². The first-order valence-corrected chi connectivity index (χ1v) is 7.42. The lowest BCUT2D eigenvalue weighted by Crippen LogP contribution is -2.07. The zero-order valence-electron chi connectivity index (χ0n) is 10.4. The quantitative estimate of drug-likeness (QED) is 0.845. The van der Waals surface area contributed by atoms with Crippen LogP contribution in [0.5, 0.6) is 0 Å². The molecule has 1 N–H and O–H groups in total. The topological polar surface area (TPSA) is 29.5 Å². The van der Waals surface area contributed by atoms with Gasteiger partial charge in [0.25, 0.3) is 0 Å². The van der Waals surface area contributed by atoms with Crippen LogP contribution < -0.4 is 0 Å². The highest BCUT2D eigenvalue weighted by Crippen LogP contribution is 2.20. The second-order valence-electron chi connectivity index (χ2n) is 4.31. The summed E-state index contributed by atoms with van der Waals surface area (Å²) in [6.45, 7) is 0.850. The average Bonchev–Trinajstić information content (AvgIpc) is 2.91. The molecule has 1 atom stereocenters. The van der Waals surface area contributed by atoms with E-state index >= 15 is 0 Å². The van der Waals surface area contributed by atoms with Crippen molar-refractivity contribution in [2.45, 2.75) is 24.7 Å². The summed E-state index contributed by atoms with van der Waals surface area (Å²) < 4.78 is 5.59. The zero-order chi connectivity index (χ0) is 12.6. The van der Waals surface area contributed by atoms with Crippen LogP contribution in [-0.4, -0.2) is 30.2 Å². The summed E-state index contributed by atoms with van der Waals surface area (Å²) in [5, 5.41) is 8.61. The number of hydrogen-bond donors (Lipinski definition) is 1. The Morgan fingerprint density at radius 2 is 2.17 bits per heavy atom. The summed E-state index contributed by atoms with van der Waals surface area (Å²) in [7, 11) is 0. The molecule has 3 heteroatoms. The Balaban J connectivity index is 1.75. The lowest BCUT2D eigenvalue weighted by atomic mass is 10.1. The molecule has 0 radical (unpaired) electrons. The van der Waals surface area contributed by atoms with Crippen molar-refractivity contribution in [1.29, 1.82) is 0 Å². The Morgan fingerprint density at radius 1 is 1.33 bits per heavy atom. The highest BCUT2D eigenvalue weighted by molar-refractivity contribution is 7.98. The van der Waals surface area contributed by atoms with E-state index in [2.05, 4.69) is 24.0 Å². The molecule has 2 nitrogen and oxygen atoms in total. The summed E-state index contributed by atoms with van der Waals surface area (Å²) in [6, 6.07) is 8.21. The minimum atomic E-state index is -0.0843. The number of benzene rings is 1. The molecule has 0 aliphatic carbocycles. The number of hydrogen-bond acceptors (Lipinski definition) is 3. The largest absolute Gasteiger partial charge is 0.384 e. The molecule has 0 bridgehead atoms. The van der Waals surface area contributed by atoms with Gasteiger partial charge in [-0.15, -0.1) is 0 Å². The van der Waals surface area contributed by atoms with E-state index in [0.717, 1.165) is 23.7 Å². The monoisotopic (exact) mass is 262 g/mol. The van der Waals surface area contributed by atoms with Gasteiger partial charge in [0.1, 0.15) is 6.61 Å². The Labute approximate surface area is 113 Å². The van der Waals surface area contributed by atoms with Gasteiger partial charge in [-0.25, -0.2) is 0 Å². The van der Waals surface area contributed by atoms with Gasteiger partial charge in [0, 0.05) is 23.7 Å². The molecule has 0 aromatic heterocycles. The second kappa shape index (κ2) is 7.48. The van der Waals surface area contributed by atoms with E-state index in [1.165, 1.54) is 18.4 Å². The molecule has 1 aliphatic heterocycles. The van der Waals surface area contributed by atoms with Crippen LogP contribution in [0.3, 0.4) is 0 Å². The number of aliphatic hydroxyl groups is 1. The minimum absolute atomic E-state index is 0.0843. The van der Waals surface area contributed by atoms with Gasteiger partial charge < -0.3 is 9.84 Å². The highest BCUT2D eigenvalue weighted by Gasteiger charge is 2.14. The molecule has 0 spiro atoms. The van der Waals surface area contributed by atoms with Crippen LogP contribution in [0.1, 0.15) is 24.0 Å². The molecular weight excluding hydrogens is 244 g/mol. The molecular formula is C15H18O2S. The van der Waals surface area contributed by atoms with Gasteiger partial charge in [0.2, 0.25) is 0 Å². The maximum Gasteiger partial charge on any atom is 0.104 e. The van der Waals surface area contributed by atoms with Gasteiger partial charge in [-0.3, -0.25) is 0 Å². The van der Waals surface area contributed by atoms with Crippen LogP contribution >= 0.6 is 11.8 Å². The van der Waals surface area contributed by atoms with Gasteiger partial charge in [0.15, 0.2) is 0 Å². The van der Waals surface area contributed by atoms with E-state index in [1.807, 2.05) is 23.9 Å². The number of aliphatic hydroxyl groups excluding tert-OH is 1. The Bertz CT molecular complexity index is 410.